The van der Waals surface area contributed by atoms with Gasteiger partial charge in [0, 0.05) is 23.5 Å². The van der Waals surface area contributed by atoms with Crippen LogP contribution in [0.3, 0.4) is 0 Å². The highest BCUT2D eigenvalue weighted by molar-refractivity contribution is 6.05. The van der Waals surface area contributed by atoms with Crippen LogP contribution in [0.15, 0.2) is 161 Å². The molecule has 3 aromatic carbocycles. The summed E-state index contributed by atoms with van der Waals surface area (Å²) in [5.74, 6) is 0.572. The molecule has 45 heavy (non-hydrogen) atoms. The molecule has 0 bridgehead atoms. The molecule has 0 spiro atoms. The summed E-state index contributed by atoms with van der Waals surface area (Å²) >= 11 is 0. The van der Waals surface area contributed by atoms with E-state index < -0.39 is 0 Å². The molecule has 1 aliphatic heterocycles. The van der Waals surface area contributed by atoms with E-state index in [-0.39, 0.29) is 0 Å². The van der Waals surface area contributed by atoms with Gasteiger partial charge in [-0.15, -0.1) is 0 Å². The minimum Gasteiger partial charge on any atom is -0.341 e. The molecule has 2 aliphatic carbocycles. The van der Waals surface area contributed by atoms with Crippen molar-refractivity contribution in [3.63, 3.8) is 0 Å². The van der Waals surface area contributed by atoms with Gasteiger partial charge in [-0.1, -0.05) is 110 Å². The van der Waals surface area contributed by atoms with Crippen LogP contribution in [0.5, 0.6) is 0 Å². The van der Waals surface area contributed by atoms with Gasteiger partial charge in [0.25, 0.3) is 0 Å². The topological polar surface area (TPSA) is 28.0 Å². The van der Waals surface area contributed by atoms with Gasteiger partial charge in [0.1, 0.15) is 0 Å². The summed E-state index contributed by atoms with van der Waals surface area (Å²) in [6, 6.07) is 23.6. The normalized spacial score (nSPS) is 18.0. The maximum atomic E-state index is 4.73. The molecule has 3 aliphatic rings. The van der Waals surface area contributed by atoms with Gasteiger partial charge in [-0.3, -0.25) is 0 Å². The van der Waals surface area contributed by atoms with Crippen LogP contribution in [0.2, 0.25) is 0 Å². The Bertz CT molecular complexity index is 1900. The SMILES string of the molecule is C=NC(=NC(=C)c1ccccc1)/C(C)=C/C(=C\C)c1cccc2c1-c1ccc(N3C/C=C\C=C/C(=C)C4=C3CCC=C4)cc1C2. The highest BCUT2D eigenvalue weighted by Crippen LogP contribution is 2.44. The molecule has 0 radical (unpaired) electrons. The van der Waals surface area contributed by atoms with Gasteiger partial charge < -0.3 is 4.90 Å². The van der Waals surface area contributed by atoms with Gasteiger partial charge in [-0.05, 0) is 108 Å². The Hall–Kier alpha value is -5.28. The molecule has 0 saturated heterocycles. The molecule has 0 N–H and O–H groups in total. The van der Waals surface area contributed by atoms with Crippen LogP contribution in [-0.4, -0.2) is 19.1 Å². The lowest BCUT2D eigenvalue weighted by atomic mass is 9.92. The fourth-order valence-electron chi connectivity index (χ4n) is 6.44. The molecule has 3 aromatic rings. The van der Waals surface area contributed by atoms with E-state index in [9.17, 15) is 0 Å². The van der Waals surface area contributed by atoms with Crippen molar-refractivity contribution in [3.8, 4) is 11.1 Å². The van der Waals surface area contributed by atoms with E-state index in [1.807, 2.05) is 37.3 Å². The van der Waals surface area contributed by atoms with Crippen LogP contribution >= 0.6 is 0 Å². The summed E-state index contributed by atoms with van der Waals surface area (Å²) in [6.07, 6.45) is 20.3. The number of amidine groups is 1. The number of aliphatic imine (C=N–C) groups is 2. The van der Waals surface area contributed by atoms with Gasteiger partial charge in [-0.25, -0.2) is 9.98 Å². The average Bonchev–Trinajstić information content (AvgIpc) is 3.48. The second-order valence-electron chi connectivity index (χ2n) is 11.6. The molecule has 3 nitrogen and oxygen atoms in total. The highest BCUT2D eigenvalue weighted by atomic mass is 15.1. The zero-order valence-corrected chi connectivity index (χ0v) is 26.3. The number of anilines is 1. The summed E-state index contributed by atoms with van der Waals surface area (Å²) in [7, 11) is 0. The Morgan fingerprint density at radius 3 is 2.58 bits per heavy atom. The zero-order valence-electron chi connectivity index (χ0n) is 26.3. The molecule has 222 valence electrons. The van der Waals surface area contributed by atoms with Gasteiger partial charge in [0.2, 0.25) is 0 Å². The quantitative estimate of drug-likeness (QED) is 0.126. The molecule has 3 heteroatoms. The maximum absolute atomic E-state index is 4.73. The van der Waals surface area contributed by atoms with Gasteiger partial charge >= 0.3 is 0 Å². The van der Waals surface area contributed by atoms with Gasteiger partial charge in [0.05, 0.1) is 5.70 Å². The van der Waals surface area contributed by atoms with E-state index in [1.54, 1.807) is 0 Å². The average molecular weight is 586 g/mol. The summed E-state index contributed by atoms with van der Waals surface area (Å²) in [5.41, 5.74) is 15.1. The highest BCUT2D eigenvalue weighted by Gasteiger charge is 2.25. The van der Waals surface area contributed by atoms with Crippen molar-refractivity contribution in [2.75, 3.05) is 11.4 Å². The molecule has 1 heterocycles. The molecule has 0 amide bonds. The smallest absolute Gasteiger partial charge is 0.154 e. The lowest BCUT2D eigenvalue weighted by molar-refractivity contribution is 0.855. The molecular formula is C42H39N3. The first-order chi connectivity index (χ1) is 22.0. The predicted molar refractivity (Wildman–Crippen MR) is 195 cm³/mol. The third-order valence-electron chi connectivity index (χ3n) is 8.69. The first kappa shape index (κ1) is 29.8. The largest absolute Gasteiger partial charge is 0.341 e. The predicted octanol–water partition coefficient (Wildman–Crippen LogP) is 10.5. The first-order valence-corrected chi connectivity index (χ1v) is 15.6. The Labute approximate surface area is 267 Å². The van der Waals surface area contributed by atoms with Crippen LogP contribution in [-0.2, 0) is 6.42 Å². The number of fused-ring (bicyclic) bond motifs is 3. The summed E-state index contributed by atoms with van der Waals surface area (Å²) in [6.45, 7) is 17.3. The van der Waals surface area contributed by atoms with Crippen LogP contribution in [0, 0.1) is 0 Å². The Kier molecular flexibility index (Phi) is 8.70. The molecule has 0 fully saturated rings. The van der Waals surface area contributed by atoms with Crippen LogP contribution in [0.4, 0.5) is 5.69 Å². The van der Waals surface area contributed by atoms with Gasteiger partial charge in [0.15, 0.2) is 5.84 Å². The number of rotatable bonds is 6. The van der Waals surface area contributed by atoms with Crippen molar-refractivity contribution in [3.05, 3.63) is 173 Å². The Morgan fingerprint density at radius 2 is 1.78 bits per heavy atom. The van der Waals surface area contributed by atoms with Crippen molar-refractivity contribution in [1.82, 2.24) is 0 Å². The second-order valence-corrected chi connectivity index (χ2v) is 11.6. The molecule has 0 aromatic heterocycles. The maximum Gasteiger partial charge on any atom is 0.154 e. The molecule has 6 rings (SSSR count). The third kappa shape index (κ3) is 6.07. The van der Waals surface area contributed by atoms with Crippen LogP contribution in [0.1, 0.15) is 48.9 Å². The molecule has 0 atom stereocenters. The standard InChI is InChI=1S/C42H39N3/c1-6-32(26-30(3)42(43-5)44-31(4)33-17-10-7-11-18-33)38-21-15-19-34-27-35-28-36(23-24-39(35)41(34)38)45-25-14-8-9-16-29(2)37-20-12-13-22-40(37)45/h6-12,14-21,23-24,26,28H,2,4-5,13,22,25,27H2,1,3H3/b14-8-,16-9-,30-26+,32-6+,44-42?. The molecular weight excluding hydrogens is 546 g/mol. The fraction of sp³-hybridized carbons (Fsp3) is 0.143. The minimum absolute atomic E-state index is 0.572. The summed E-state index contributed by atoms with van der Waals surface area (Å²) in [5, 5.41) is 0. The van der Waals surface area contributed by atoms with Crippen molar-refractivity contribution in [2.24, 2.45) is 9.98 Å². The number of allylic oxidation sites excluding steroid dienone is 11. The van der Waals surface area contributed by atoms with E-state index in [4.69, 9.17) is 4.99 Å². The van der Waals surface area contributed by atoms with Crippen molar-refractivity contribution < 1.29 is 0 Å². The lowest BCUT2D eigenvalue weighted by Crippen LogP contribution is -2.25. The Morgan fingerprint density at radius 1 is 0.933 bits per heavy atom. The lowest BCUT2D eigenvalue weighted by Gasteiger charge is -2.30. The number of benzene rings is 3. The third-order valence-corrected chi connectivity index (χ3v) is 8.69. The first-order valence-electron chi connectivity index (χ1n) is 15.6. The minimum atomic E-state index is 0.572. The van der Waals surface area contributed by atoms with Gasteiger partial charge in [-0.2, -0.15) is 0 Å². The zero-order chi connectivity index (χ0) is 31.3. The number of hydrogen-bond acceptors (Lipinski definition) is 2. The van der Waals surface area contributed by atoms with E-state index in [2.05, 4.69) is 122 Å². The van der Waals surface area contributed by atoms with Crippen LogP contribution in [0.25, 0.3) is 22.4 Å². The van der Waals surface area contributed by atoms with Crippen LogP contribution < -0.4 is 4.90 Å². The second kappa shape index (κ2) is 13.2. The van der Waals surface area contributed by atoms with E-state index in [1.165, 1.54) is 44.8 Å². The van der Waals surface area contributed by atoms with Crippen molar-refractivity contribution >= 4 is 29.5 Å². The number of hydrogen-bond donors (Lipinski definition) is 0. The summed E-state index contributed by atoms with van der Waals surface area (Å²) in [4.78, 5) is 11.5. The van der Waals surface area contributed by atoms with E-state index in [0.717, 1.165) is 48.1 Å². The monoisotopic (exact) mass is 585 g/mol. The Balaban J connectivity index is 1.35. The van der Waals surface area contributed by atoms with Crippen molar-refractivity contribution in [2.45, 2.75) is 33.1 Å². The van der Waals surface area contributed by atoms with Crippen molar-refractivity contribution in [1.29, 1.82) is 0 Å². The summed E-state index contributed by atoms with van der Waals surface area (Å²) < 4.78 is 0. The van der Waals surface area contributed by atoms with E-state index in [0.29, 0.717) is 11.5 Å². The molecule has 0 unspecified atom stereocenters. The number of nitrogens with zero attached hydrogens (tertiary/aromatic N) is 3. The van der Waals surface area contributed by atoms with E-state index >= 15 is 0 Å². The molecule has 0 saturated carbocycles. The fourth-order valence-corrected chi connectivity index (χ4v) is 6.44.